The highest BCUT2D eigenvalue weighted by molar-refractivity contribution is 6.36. The van der Waals surface area contributed by atoms with Crippen LogP contribution < -0.4 is 14.4 Å². The lowest BCUT2D eigenvalue weighted by molar-refractivity contribution is -0.000587. The zero-order valence-corrected chi connectivity index (χ0v) is 30.9. The number of hydrogen-bond donors (Lipinski definition) is 0. The number of carbonyl (C=O) groups is 1. The van der Waals surface area contributed by atoms with E-state index in [1.165, 1.54) is 5.57 Å². The molecule has 1 amide bonds. The van der Waals surface area contributed by atoms with Gasteiger partial charge in [-0.15, -0.1) is 0 Å². The Kier molecular flexibility index (Phi) is 7.86. The van der Waals surface area contributed by atoms with Crippen LogP contribution in [0.5, 0.6) is 11.9 Å². The predicted octanol–water partition coefficient (Wildman–Crippen LogP) is 7.94. The second-order valence-electron chi connectivity index (χ2n) is 16.1. The minimum Gasteiger partial charge on any atom is -0.471 e. The Morgan fingerprint density at radius 3 is 2.73 bits per heavy atom. The third kappa shape index (κ3) is 5.29. The van der Waals surface area contributed by atoms with Crippen molar-refractivity contribution >= 4 is 45.2 Å². The molecule has 0 radical (unpaired) electrons. The van der Waals surface area contributed by atoms with Crippen LogP contribution in [0.25, 0.3) is 32.9 Å². The summed E-state index contributed by atoms with van der Waals surface area (Å²) in [7, 11) is 0. The number of rotatable bonds is 5. The van der Waals surface area contributed by atoms with Gasteiger partial charge in [0.25, 0.3) is 0 Å². The van der Waals surface area contributed by atoms with E-state index in [-0.39, 0.29) is 52.9 Å². The number of fused-ring (bicyclic) bond motifs is 7. The Balaban J connectivity index is 1.21. The van der Waals surface area contributed by atoms with Crippen molar-refractivity contribution in [2.75, 3.05) is 31.1 Å². The fourth-order valence-electron chi connectivity index (χ4n) is 9.57. The molecule has 10 nitrogen and oxygen atoms in total. The van der Waals surface area contributed by atoms with Crippen LogP contribution in [-0.4, -0.2) is 92.5 Å². The smallest absolute Gasteiger partial charge is 0.410 e. The maximum atomic E-state index is 17.3. The lowest BCUT2D eigenvalue weighted by Gasteiger charge is -2.48. The predicted molar refractivity (Wildman–Crippen MR) is 199 cm³/mol. The van der Waals surface area contributed by atoms with Crippen molar-refractivity contribution < 1.29 is 23.4 Å². The summed E-state index contributed by atoms with van der Waals surface area (Å²) in [5, 5.41) is 2.46. The highest BCUT2D eigenvalue weighted by atomic mass is 35.5. The Morgan fingerprint density at radius 1 is 1.13 bits per heavy atom. The topological polar surface area (TPSA) is 93.2 Å². The summed E-state index contributed by atoms with van der Waals surface area (Å²) in [5.74, 6) is 0.174. The first kappa shape index (κ1) is 33.6. The molecule has 272 valence electrons. The fraction of sp³-hybridized carbons (Fsp3) is 0.500. The van der Waals surface area contributed by atoms with Crippen LogP contribution in [0.3, 0.4) is 0 Å². The number of hydrogen-bond acceptors (Lipinski definition) is 9. The maximum Gasteiger partial charge on any atom is 0.410 e. The van der Waals surface area contributed by atoms with E-state index in [9.17, 15) is 4.79 Å². The van der Waals surface area contributed by atoms with Gasteiger partial charge in [0.05, 0.1) is 23.7 Å². The Hall–Kier alpha value is -4.22. The summed E-state index contributed by atoms with van der Waals surface area (Å²) in [6.45, 7) is 14.7. The summed E-state index contributed by atoms with van der Waals surface area (Å²) >= 11 is 6.76. The molecule has 5 aliphatic heterocycles. The van der Waals surface area contributed by atoms with Gasteiger partial charge in [0.15, 0.2) is 5.82 Å². The molecule has 4 aromatic rings. The van der Waals surface area contributed by atoms with Gasteiger partial charge < -0.3 is 19.1 Å². The monoisotopic (exact) mass is 726 g/mol. The zero-order chi connectivity index (χ0) is 36.1. The van der Waals surface area contributed by atoms with Crippen LogP contribution in [0.15, 0.2) is 48.6 Å². The summed E-state index contributed by atoms with van der Waals surface area (Å²) in [6.07, 6.45) is 4.42. The molecule has 52 heavy (non-hydrogen) atoms. The number of aromatic nitrogens is 3. The van der Waals surface area contributed by atoms with Gasteiger partial charge in [0.1, 0.15) is 40.7 Å². The summed E-state index contributed by atoms with van der Waals surface area (Å²) < 4.78 is 36.7. The summed E-state index contributed by atoms with van der Waals surface area (Å²) in [6, 6.07) is 10.7. The molecule has 4 fully saturated rings. The Labute approximate surface area is 307 Å². The lowest BCUT2D eigenvalue weighted by Crippen LogP contribution is -2.65. The van der Waals surface area contributed by atoms with Crippen molar-refractivity contribution in [1.29, 1.82) is 0 Å². The fourth-order valence-corrected chi connectivity index (χ4v) is 9.86. The molecule has 0 aliphatic carbocycles. The number of piperazine rings is 1. The highest BCUT2D eigenvalue weighted by Gasteiger charge is 2.54. The average Bonchev–Trinajstić information content (AvgIpc) is 3.71. The van der Waals surface area contributed by atoms with Crippen molar-refractivity contribution in [2.45, 2.75) is 102 Å². The zero-order valence-electron chi connectivity index (χ0n) is 30.1. The van der Waals surface area contributed by atoms with Crippen molar-refractivity contribution in [3.8, 4) is 23.1 Å². The highest BCUT2D eigenvalue weighted by Crippen LogP contribution is 2.48. The Morgan fingerprint density at radius 2 is 1.94 bits per heavy atom. The molecule has 2 bridgehead atoms. The van der Waals surface area contributed by atoms with Gasteiger partial charge in [-0.2, -0.15) is 9.97 Å². The second kappa shape index (κ2) is 12.2. The summed E-state index contributed by atoms with van der Waals surface area (Å²) in [5.41, 5.74) is 1.10. The van der Waals surface area contributed by atoms with E-state index in [0.717, 1.165) is 50.6 Å². The van der Waals surface area contributed by atoms with Gasteiger partial charge in [-0.05, 0) is 77.3 Å². The number of amides is 1. The van der Waals surface area contributed by atoms with E-state index in [1.54, 1.807) is 6.07 Å². The first-order valence-corrected chi connectivity index (χ1v) is 18.9. The summed E-state index contributed by atoms with van der Waals surface area (Å²) in [4.78, 5) is 35.1. The number of anilines is 1. The molecule has 0 spiro atoms. The molecule has 9 rings (SSSR count). The first-order chi connectivity index (χ1) is 24.9. The van der Waals surface area contributed by atoms with Crippen LogP contribution in [0, 0.1) is 5.82 Å². The quantitative estimate of drug-likeness (QED) is 0.190. The van der Waals surface area contributed by atoms with Crippen LogP contribution in [0.2, 0.25) is 5.02 Å². The molecule has 5 aliphatic rings. The van der Waals surface area contributed by atoms with E-state index < -0.39 is 17.5 Å². The molecular formula is C40H44ClFN6O4. The van der Waals surface area contributed by atoms with E-state index in [2.05, 4.69) is 23.3 Å². The third-order valence-electron chi connectivity index (χ3n) is 11.7. The van der Waals surface area contributed by atoms with Gasteiger partial charge in [-0.1, -0.05) is 61.0 Å². The van der Waals surface area contributed by atoms with Gasteiger partial charge >= 0.3 is 12.1 Å². The molecule has 2 aromatic heterocycles. The number of pyridine rings is 1. The van der Waals surface area contributed by atoms with Gasteiger partial charge in [0.2, 0.25) is 5.88 Å². The molecular weight excluding hydrogens is 683 g/mol. The van der Waals surface area contributed by atoms with Crippen molar-refractivity contribution in [2.24, 2.45) is 0 Å². The number of halogens is 2. The van der Waals surface area contributed by atoms with E-state index in [0.29, 0.717) is 46.7 Å². The van der Waals surface area contributed by atoms with Crippen molar-refractivity contribution in [1.82, 2.24) is 24.8 Å². The van der Waals surface area contributed by atoms with Crippen LogP contribution in [0.4, 0.5) is 15.0 Å². The normalized spacial score (nSPS) is 26.8. The second-order valence-corrected chi connectivity index (χ2v) is 16.5. The minimum atomic E-state index is -0.637. The number of ether oxygens (including phenoxy) is 3. The van der Waals surface area contributed by atoms with E-state index in [1.807, 2.05) is 56.0 Å². The van der Waals surface area contributed by atoms with Crippen molar-refractivity contribution in [3.05, 3.63) is 59.4 Å². The van der Waals surface area contributed by atoms with Crippen LogP contribution >= 0.6 is 11.6 Å². The van der Waals surface area contributed by atoms with Crippen molar-refractivity contribution in [3.63, 3.8) is 0 Å². The van der Waals surface area contributed by atoms with Gasteiger partial charge in [0, 0.05) is 29.1 Å². The molecule has 1 unspecified atom stereocenters. The number of benzene rings is 2. The molecule has 4 saturated heterocycles. The number of nitrogens with zero attached hydrogens (tertiary/aromatic N) is 6. The maximum absolute atomic E-state index is 17.3. The van der Waals surface area contributed by atoms with Gasteiger partial charge in [-0.25, -0.2) is 14.2 Å². The Bertz CT molecular complexity index is 2140. The van der Waals surface area contributed by atoms with Crippen LogP contribution in [0.1, 0.15) is 66.2 Å². The first-order valence-electron chi connectivity index (χ1n) is 18.5. The molecule has 12 heteroatoms. The standard InChI is InChI=1S/C40H44ClFN6O4/c1-6-28-34-27-15-14-24(48(27)38(49)52-39(3,4)5)20-47(34)35-30-33(44-37(45-35)50-21-40-16-9-17-46(40)19-22(2)18-40)31(42)32(43-36(30)51-28)25-12-7-10-23-11-8-13-26(41)29(23)25/h7-8,10-13,24,27-28,34H,2,6,9,14-21H2,1,3-5H3/t24-,27+,28+,34+,40?/m1/s1. The molecule has 5 atom stereocenters. The molecule has 2 aromatic carbocycles. The largest absolute Gasteiger partial charge is 0.471 e. The SMILES string of the molecule is C=C1CN2CCCC2(COc2nc3c4c(nc(-c5cccc6cccc(Cl)c56)c(F)c4n2)O[C@@H](CC)[C@@H]2[C@@H]4CC[C@H](CN32)N4C(=O)OC(C)(C)C)C1. The minimum absolute atomic E-state index is 0.0816. The molecule has 0 N–H and O–H groups in total. The third-order valence-corrected chi connectivity index (χ3v) is 12.0. The molecule has 0 saturated carbocycles. The van der Waals surface area contributed by atoms with E-state index in [4.69, 9.17) is 40.8 Å². The van der Waals surface area contributed by atoms with E-state index >= 15 is 4.39 Å². The lowest BCUT2D eigenvalue weighted by atomic mass is 9.94. The average molecular weight is 727 g/mol. The number of carbonyl (C=O) groups excluding carboxylic acids is 1. The van der Waals surface area contributed by atoms with Gasteiger partial charge in [-0.3, -0.25) is 9.80 Å². The molecule has 7 heterocycles. The van der Waals surface area contributed by atoms with Crippen LogP contribution in [-0.2, 0) is 4.74 Å².